The van der Waals surface area contributed by atoms with Gasteiger partial charge in [0.1, 0.15) is 0 Å². The second-order valence-electron chi connectivity index (χ2n) is 4.82. The standard InChI is InChI=1S/C11H17F3N2O3/c12-11(13,14)10(17)19-9-7-16(3-4-18-9)6-8-1-2-15-5-8/h8-9,15H,1-7H2/t8-,9?/m1/s1. The molecule has 2 heterocycles. The van der Waals surface area contributed by atoms with E-state index in [1.54, 1.807) is 0 Å². The lowest BCUT2D eigenvalue weighted by Gasteiger charge is -2.33. The van der Waals surface area contributed by atoms with Crippen LogP contribution in [0.4, 0.5) is 13.2 Å². The summed E-state index contributed by atoms with van der Waals surface area (Å²) in [6, 6.07) is 0. The van der Waals surface area contributed by atoms with Crippen LogP contribution >= 0.6 is 0 Å². The van der Waals surface area contributed by atoms with Crippen LogP contribution in [0.5, 0.6) is 0 Å². The molecule has 2 aliphatic heterocycles. The van der Waals surface area contributed by atoms with Crippen molar-refractivity contribution in [1.29, 1.82) is 0 Å². The van der Waals surface area contributed by atoms with Gasteiger partial charge in [0.15, 0.2) is 0 Å². The predicted octanol–water partition coefficient (Wildman–Crippen LogP) is 0.360. The van der Waals surface area contributed by atoms with Gasteiger partial charge in [-0.3, -0.25) is 4.90 Å². The number of carbonyl (C=O) groups is 1. The zero-order valence-electron chi connectivity index (χ0n) is 10.4. The molecule has 0 bridgehead atoms. The quantitative estimate of drug-likeness (QED) is 0.758. The van der Waals surface area contributed by atoms with Crippen molar-refractivity contribution in [2.24, 2.45) is 5.92 Å². The van der Waals surface area contributed by atoms with E-state index in [0.29, 0.717) is 12.5 Å². The number of nitrogens with zero attached hydrogens (tertiary/aromatic N) is 1. The molecule has 19 heavy (non-hydrogen) atoms. The van der Waals surface area contributed by atoms with Crippen molar-refractivity contribution in [2.75, 3.05) is 39.3 Å². The maximum absolute atomic E-state index is 12.1. The van der Waals surface area contributed by atoms with Gasteiger partial charge in [0, 0.05) is 13.1 Å². The molecule has 2 rings (SSSR count). The first-order chi connectivity index (χ1) is 8.95. The molecule has 0 aromatic rings. The Balaban J connectivity index is 1.78. The first-order valence-corrected chi connectivity index (χ1v) is 6.27. The number of hydrogen-bond acceptors (Lipinski definition) is 5. The molecule has 0 aromatic carbocycles. The fraction of sp³-hybridized carbons (Fsp3) is 0.909. The maximum Gasteiger partial charge on any atom is 0.491 e. The lowest BCUT2D eigenvalue weighted by Crippen LogP contribution is -2.47. The highest BCUT2D eigenvalue weighted by Gasteiger charge is 2.43. The van der Waals surface area contributed by atoms with Crippen LogP contribution in [0.25, 0.3) is 0 Å². The summed E-state index contributed by atoms with van der Waals surface area (Å²) in [6.07, 6.45) is -5.04. The second kappa shape index (κ2) is 6.06. The molecule has 0 aromatic heterocycles. The number of hydrogen-bond donors (Lipinski definition) is 1. The minimum absolute atomic E-state index is 0.193. The Morgan fingerprint density at radius 2 is 2.26 bits per heavy atom. The Hall–Kier alpha value is -0.860. The number of carbonyl (C=O) groups excluding carboxylic acids is 1. The van der Waals surface area contributed by atoms with Crippen LogP contribution in [-0.4, -0.2) is 62.7 Å². The van der Waals surface area contributed by atoms with E-state index in [1.165, 1.54) is 0 Å². The highest BCUT2D eigenvalue weighted by atomic mass is 19.4. The zero-order valence-corrected chi connectivity index (χ0v) is 10.4. The van der Waals surface area contributed by atoms with Crippen molar-refractivity contribution in [3.05, 3.63) is 0 Å². The van der Waals surface area contributed by atoms with Gasteiger partial charge in [-0.25, -0.2) is 4.79 Å². The van der Waals surface area contributed by atoms with Crippen LogP contribution < -0.4 is 5.32 Å². The van der Waals surface area contributed by atoms with Crippen molar-refractivity contribution >= 4 is 5.97 Å². The molecule has 8 heteroatoms. The number of esters is 1. The number of rotatable bonds is 3. The third-order valence-electron chi connectivity index (χ3n) is 3.27. The zero-order chi connectivity index (χ0) is 13.9. The van der Waals surface area contributed by atoms with Gasteiger partial charge in [0.25, 0.3) is 0 Å². The molecule has 0 saturated carbocycles. The van der Waals surface area contributed by atoms with Crippen LogP contribution in [-0.2, 0) is 14.3 Å². The Morgan fingerprint density at radius 3 is 2.89 bits per heavy atom. The summed E-state index contributed by atoms with van der Waals surface area (Å²) in [6.45, 7) is 3.80. The smallest absolute Gasteiger partial charge is 0.428 e. The minimum atomic E-state index is -4.97. The van der Waals surface area contributed by atoms with Crippen molar-refractivity contribution < 1.29 is 27.4 Å². The molecule has 0 radical (unpaired) electrons. The lowest BCUT2D eigenvalue weighted by atomic mass is 10.1. The molecule has 0 spiro atoms. The molecule has 2 fully saturated rings. The van der Waals surface area contributed by atoms with Gasteiger partial charge >= 0.3 is 12.1 Å². The molecule has 2 aliphatic rings. The summed E-state index contributed by atoms with van der Waals surface area (Å²) >= 11 is 0. The van der Waals surface area contributed by atoms with E-state index < -0.39 is 18.4 Å². The SMILES string of the molecule is O=C(OC1CN(C[C@@H]2CCNC2)CCO1)C(F)(F)F. The summed E-state index contributed by atoms with van der Waals surface area (Å²) in [7, 11) is 0. The predicted molar refractivity (Wildman–Crippen MR) is 59.3 cm³/mol. The third-order valence-corrected chi connectivity index (χ3v) is 3.27. The largest absolute Gasteiger partial charge is 0.491 e. The third kappa shape index (κ3) is 4.32. The van der Waals surface area contributed by atoms with Gasteiger partial charge in [-0.15, -0.1) is 0 Å². The molecule has 0 aliphatic carbocycles. The Kier molecular flexibility index (Phi) is 4.64. The molecular weight excluding hydrogens is 265 g/mol. The first kappa shape index (κ1) is 14.5. The van der Waals surface area contributed by atoms with Crippen molar-refractivity contribution in [1.82, 2.24) is 10.2 Å². The summed E-state index contributed by atoms with van der Waals surface area (Å²) in [5.41, 5.74) is 0. The molecule has 110 valence electrons. The topological polar surface area (TPSA) is 50.8 Å². The van der Waals surface area contributed by atoms with E-state index in [9.17, 15) is 18.0 Å². The lowest BCUT2D eigenvalue weighted by molar-refractivity contribution is -0.234. The molecule has 1 N–H and O–H groups in total. The molecular formula is C11H17F3N2O3. The number of alkyl halides is 3. The minimum Gasteiger partial charge on any atom is -0.428 e. The fourth-order valence-electron chi connectivity index (χ4n) is 2.33. The summed E-state index contributed by atoms with van der Waals surface area (Å²) < 4.78 is 45.6. The number of ether oxygens (including phenoxy) is 2. The van der Waals surface area contributed by atoms with Crippen LogP contribution in [0.2, 0.25) is 0 Å². The highest BCUT2D eigenvalue weighted by molar-refractivity contribution is 5.75. The average Bonchev–Trinajstić information content (AvgIpc) is 2.81. The Morgan fingerprint density at radius 1 is 1.47 bits per heavy atom. The Labute approximate surface area is 109 Å². The number of nitrogens with one attached hydrogen (secondary N) is 1. The molecule has 2 saturated heterocycles. The Bertz CT molecular complexity index is 319. The normalized spacial score (nSPS) is 29.4. The molecule has 5 nitrogen and oxygen atoms in total. The maximum atomic E-state index is 12.1. The van der Waals surface area contributed by atoms with Gasteiger partial charge in [0.2, 0.25) is 6.29 Å². The molecule has 1 unspecified atom stereocenters. The monoisotopic (exact) mass is 282 g/mol. The van der Waals surface area contributed by atoms with Gasteiger partial charge in [0.05, 0.1) is 13.2 Å². The van der Waals surface area contributed by atoms with E-state index in [0.717, 1.165) is 26.1 Å². The van der Waals surface area contributed by atoms with Crippen molar-refractivity contribution in [3.63, 3.8) is 0 Å². The van der Waals surface area contributed by atoms with Crippen LogP contribution in [0, 0.1) is 5.92 Å². The summed E-state index contributed by atoms with van der Waals surface area (Å²) in [4.78, 5) is 12.7. The summed E-state index contributed by atoms with van der Waals surface area (Å²) in [5, 5.41) is 3.23. The molecule has 0 amide bonds. The molecule has 2 atom stereocenters. The van der Waals surface area contributed by atoms with E-state index in [1.807, 2.05) is 4.90 Å². The van der Waals surface area contributed by atoms with Crippen LogP contribution in [0.15, 0.2) is 0 Å². The van der Waals surface area contributed by atoms with Crippen molar-refractivity contribution in [2.45, 2.75) is 18.9 Å². The van der Waals surface area contributed by atoms with Gasteiger partial charge in [-0.05, 0) is 25.4 Å². The van der Waals surface area contributed by atoms with Crippen molar-refractivity contribution in [3.8, 4) is 0 Å². The van der Waals surface area contributed by atoms with E-state index in [2.05, 4.69) is 10.1 Å². The van der Waals surface area contributed by atoms with E-state index >= 15 is 0 Å². The summed E-state index contributed by atoms with van der Waals surface area (Å²) in [5.74, 6) is -1.70. The second-order valence-corrected chi connectivity index (χ2v) is 4.82. The number of halogens is 3. The van der Waals surface area contributed by atoms with Crippen LogP contribution in [0.3, 0.4) is 0 Å². The number of morpholine rings is 1. The van der Waals surface area contributed by atoms with E-state index in [4.69, 9.17) is 4.74 Å². The van der Waals surface area contributed by atoms with Crippen LogP contribution in [0.1, 0.15) is 6.42 Å². The fourth-order valence-corrected chi connectivity index (χ4v) is 2.33. The van der Waals surface area contributed by atoms with Gasteiger partial charge in [-0.1, -0.05) is 0 Å². The first-order valence-electron chi connectivity index (χ1n) is 6.27. The highest BCUT2D eigenvalue weighted by Crippen LogP contribution is 2.19. The van der Waals surface area contributed by atoms with Gasteiger partial charge < -0.3 is 14.8 Å². The van der Waals surface area contributed by atoms with E-state index in [-0.39, 0.29) is 13.2 Å². The average molecular weight is 282 g/mol. The van der Waals surface area contributed by atoms with Gasteiger partial charge in [-0.2, -0.15) is 13.2 Å².